The smallest absolute Gasteiger partial charge is 0.416 e. The molecule has 2 heterocycles. The van der Waals surface area contributed by atoms with Crippen LogP contribution in [0.1, 0.15) is 41.6 Å². The van der Waals surface area contributed by atoms with Gasteiger partial charge in [-0.05, 0) is 18.1 Å². The van der Waals surface area contributed by atoms with E-state index in [9.17, 15) is 18.4 Å². The monoisotopic (exact) mass is 348 g/mol. The molecule has 1 aromatic heterocycles. The molecule has 0 aliphatic carbocycles. The maximum absolute atomic E-state index is 13.5. The number of fused-ring (bicyclic) bond motifs is 1. The van der Waals surface area contributed by atoms with Gasteiger partial charge < -0.3 is 10.5 Å². The van der Waals surface area contributed by atoms with Crippen molar-refractivity contribution in [2.75, 3.05) is 0 Å². The molecule has 0 fully saturated rings. The van der Waals surface area contributed by atoms with E-state index >= 15 is 0 Å². The first kappa shape index (κ1) is 16.9. The summed E-state index contributed by atoms with van der Waals surface area (Å²) >= 11 is 0. The molecule has 25 heavy (non-hydrogen) atoms. The molecular weight excluding hydrogens is 333 g/mol. The van der Waals surface area contributed by atoms with Crippen LogP contribution in [0, 0.1) is 11.3 Å². The van der Waals surface area contributed by atoms with Crippen molar-refractivity contribution in [3.8, 4) is 11.9 Å². The van der Waals surface area contributed by atoms with E-state index in [4.69, 9.17) is 10.5 Å². The predicted molar refractivity (Wildman–Crippen MR) is 83.3 cm³/mol. The van der Waals surface area contributed by atoms with Crippen LogP contribution >= 0.6 is 0 Å². The highest BCUT2D eigenvalue weighted by Crippen LogP contribution is 2.46. The maximum Gasteiger partial charge on any atom is 0.416 e. The van der Waals surface area contributed by atoms with Crippen LogP contribution in [0.2, 0.25) is 0 Å². The molecule has 0 radical (unpaired) electrons. The number of nitrogens with one attached hydrogen (secondary N) is 1. The van der Waals surface area contributed by atoms with Gasteiger partial charge in [0.15, 0.2) is 0 Å². The molecule has 0 amide bonds. The van der Waals surface area contributed by atoms with Crippen LogP contribution in [-0.4, -0.2) is 10.2 Å². The lowest BCUT2D eigenvalue weighted by molar-refractivity contribution is -0.138. The quantitative estimate of drug-likeness (QED) is 0.887. The van der Waals surface area contributed by atoms with Crippen LogP contribution in [0.4, 0.5) is 13.2 Å². The Bertz CT molecular complexity index is 877. The Kier molecular flexibility index (Phi) is 4.17. The molecule has 0 spiro atoms. The van der Waals surface area contributed by atoms with Crippen LogP contribution in [0.5, 0.6) is 5.88 Å². The molecule has 1 atom stereocenters. The van der Waals surface area contributed by atoms with Crippen molar-refractivity contribution < 1.29 is 17.9 Å². The number of aryl methyl sites for hydroxylation is 1. The third-order valence-corrected chi connectivity index (χ3v) is 4.10. The molecule has 5 nitrogen and oxygen atoms in total. The summed E-state index contributed by atoms with van der Waals surface area (Å²) in [5.41, 5.74) is 5.94. The summed E-state index contributed by atoms with van der Waals surface area (Å²) in [6, 6.07) is 7.07. The fourth-order valence-corrected chi connectivity index (χ4v) is 3.07. The van der Waals surface area contributed by atoms with Gasteiger partial charge >= 0.3 is 6.18 Å². The molecule has 3 N–H and O–H groups in total. The van der Waals surface area contributed by atoms with Gasteiger partial charge in [0.25, 0.3) is 0 Å². The van der Waals surface area contributed by atoms with Gasteiger partial charge in [-0.15, -0.1) is 5.10 Å². The van der Waals surface area contributed by atoms with Crippen LogP contribution in [0.3, 0.4) is 0 Å². The number of nitrogens with zero attached hydrogens (tertiary/aromatic N) is 2. The number of nitrogens with two attached hydrogens (primary N) is 1. The van der Waals surface area contributed by atoms with Crippen LogP contribution in [0.15, 0.2) is 35.7 Å². The topological polar surface area (TPSA) is 87.7 Å². The van der Waals surface area contributed by atoms with Gasteiger partial charge in [0.2, 0.25) is 11.8 Å². The second kappa shape index (κ2) is 6.16. The summed E-state index contributed by atoms with van der Waals surface area (Å²) in [5, 5.41) is 16.3. The summed E-state index contributed by atoms with van der Waals surface area (Å²) < 4.78 is 45.8. The summed E-state index contributed by atoms with van der Waals surface area (Å²) in [7, 11) is 0. The third kappa shape index (κ3) is 2.82. The fourth-order valence-electron chi connectivity index (χ4n) is 3.07. The molecule has 3 rings (SSSR count). The first-order valence-electron chi connectivity index (χ1n) is 7.69. The van der Waals surface area contributed by atoms with Crippen LogP contribution in [0.25, 0.3) is 0 Å². The number of alkyl halides is 3. The number of rotatable bonds is 3. The molecule has 130 valence electrons. The Morgan fingerprint density at radius 1 is 1.36 bits per heavy atom. The van der Waals surface area contributed by atoms with E-state index < -0.39 is 17.7 Å². The number of aromatic nitrogens is 2. The summed E-state index contributed by atoms with van der Waals surface area (Å²) in [6.45, 7) is 1.94. The maximum atomic E-state index is 13.5. The second-order valence-electron chi connectivity index (χ2n) is 5.68. The van der Waals surface area contributed by atoms with Gasteiger partial charge in [-0.2, -0.15) is 18.4 Å². The van der Waals surface area contributed by atoms with Gasteiger partial charge in [0.1, 0.15) is 11.6 Å². The van der Waals surface area contributed by atoms with E-state index in [2.05, 4.69) is 10.2 Å². The summed E-state index contributed by atoms with van der Waals surface area (Å²) in [5.74, 6) is -1.10. The highest BCUT2D eigenvalue weighted by molar-refractivity contribution is 5.57. The minimum absolute atomic E-state index is 0.0437. The van der Waals surface area contributed by atoms with E-state index in [0.717, 1.165) is 12.5 Å². The molecule has 0 saturated heterocycles. The Balaban J connectivity index is 2.28. The zero-order valence-corrected chi connectivity index (χ0v) is 13.3. The van der Waals surface area contributed by atoms with Crippen molar-refractivity contribution in [3.05, 3.63) is 58.1 Å². The Labute approximate surface area is 141 Å². The van der Waals surface area contributed by atoms with E-state index in [0.29, 0.717) is 17.7 Å². The Hall–Kier alpha value is -2.95. The van der Waals surface area contributed by atoms with E-state index in [-0.39, 0.29) is 22.9 Å². The number of aromatic amines is 1. The average molecular weight is 348 g/mol. The van der Waals surface area contributed by atoms with Gasteiger partial charge in [0.05, 0.1) is 11.5 Å². The second-order valence-corrected chi connectivity index (χ2v) is 5.68. The number of ether oxygens (including phenoxy) is 1. The molecule has 1 aliphatic heterocycles. The minimum atomic E-state index is -4.56. The van der Waals surface area contributed by atoms with Crippen molar-refractivity contribution in [3.63, 3.8) is 0 Å². The molecule has 0 bridgehead atoms. The molecular formula is C17H15F3N4O. The van der Waals surface area contributed by atoms with E-state index in [1.54, 1.807) is 0 Å². The predicted octanol–water partition coefficient (Wildman–Crippen LogP) is 3.60. The third-order valence-electron chi connectivity index (χ3n) is 4.10. The summed E-state index contributed by atoms with van der Waals surface area (Å²) in [6.07, 6.45) is -3.24. The molecule has 1 aliphatic rings. The van der Waals surface area contributed by atoms with Crippen molar-refractivity contribution in [2.24, 2.45) is 5.73 Å². The van der Waals surface area contributed by atoms with Gasteiger partial charge in [0, 0.05) is 11.3 Å². The number of halogens is 3. The number of nitriles is 1. The number of H-pyrrole nitrogens is 1. The van der Waals surface area contributed by atoms with Crippen molar-refractivity contribution in [1.29, 1.82) is 5.26 Å². The SMILES string of the molecule is CCCc1[nH]nc2c1[C@@H](c1ccccc1C(F)(F)F)C(C#N)=C(N)O2. The molecule has 2 aromatic rings. The van der Waals surface area contributed by atoms with Crippen molar-refractivity contribution in [1.82, 2.24) is 10.2 Å². The number of benzene rings is 1. The van der Waals surface area contributed by atoms with E-state index in [1.165, 1.54) is 18.2 Å². The number of hydrogen-bond acceptors (Lipinski definition) is 4. The zero-order chi connectivity index (χ0) is 18.2. The summed E-state index contributed by atoms with van der Waals surface area (Å²) in [4.78, 5) is 0. The Morgan fingerprint density at radius 2 is 2.08 bits per heavy atom. The lowest BCUT2D eigenvalue weighted by Crippen LogP contribution is -2.23. The van der Waals surface area contributed by atoms with Crippen molar-refractivity contribution >= 4 is 0 Å². The first-order chi connectivity index (χ1) is 11.9. The molecule has 8 heteroatoms. The largest absolute Gasteiger partial charge is 0.420 e. The van der Waals surface area contributed by atoms with Crippen LogP contribution in [-0.2, 0) is 12.6 Å². The fraction of sp³-hybridized carbons (Fsp3) is 0.294. The highest BCUT2D eigenvalue weighted by Gasteiger charge is 2.41. The normalized spacial score (nSPS) is 17.0. The molecule has 0 unspecified atom stereocenters. The van der Waals surface area contributed by atoms with Gasteiger partial charge in [-0.25, -0.2) is 0 Å². The number of allylic oxidation sites excluding steroid dienone is 1. The first-order valence-corrected chi connectivity index (χ1v) is 7.69. The molecule has 0 saturated carbocycles. The zero-order valence-electron chi connectivity index (χ0n) is 13.3. The van der Waals surface area contributed by atoms with Gasteiger partial charge in [-0.3, -0.25) is 5.10 Å². The average Bonchev–Trinajstić information content (AvgIpc) is 2.95. The highest BCUT2D eigenvalue weighted by atomic mass is 19.4. The Morgan fingerprint density at radius 3 is 2.72 bits per heavy atom. The standard InChI is InChI=1S/C17H15F3N4O/c1-2-5-12-14-13(9-6-3-4-7-11(9)17(18,19)20)10(8-21)15(22)25-16(14)24-23-12/h3-4,6-7,13H,2,5,22H2,1H3,(H,23,24)/t13-/m0/s1. The lowest BCUT2D eigenvalue weighted by atomic mass is 9.81. The van der Waals surface area contributed by atoms with Crippen molar-refractivity contribution in [2.45, 2.75) is 31.9 Å². The van der Waals surface area contributed by atoms with Crippen LogP contribution < -0.4 is 10.5 Å². The minimum Gasteiger partial charge on any atom is -0.420 e. The molecule has 1 aromatic carbocycles. The van der Waals surface area contributed by atoms with E-state index in [1.807, 2.05) is 13.0 Å². The number of hydrogen-bond donors (Lipinski definition) is 2. The lowest BCUT2D eigenvalue weighted by Gasteiger charge is -2.26. The van der Waals surface area contributed by atoms with Gasteiger partial charge in [-0.1, -0.05) is 31.5 Å².